The third-order valence-corrected chi connectivity index (χ3v) is 10.7. The average Bonchev–Trinajstić information content (AvgIpc) is 3.03. The lowest BCUT2D eigenvalue weighted by Crippen LogP contribution is -2.49. The van der Waals surface area contributed by atoms with Crippen LogP contribution in [0.4, 0.5) is 8.78 Å². The Morgan fingerprint density at radius 1 is 0.844 bits per heavy atom. The Balaban J connectivity index is 1.60. The first-order valence-corrected chi connectivity index (χ1v) is 13.4. The van der Waals surface area contributed by atoms with E-state index in [9.17, 15) is 17.2 Å². The number of rotatable bonds is 5. The van der Waals surface area contributed by atoms with Gasteiger partial charge in [0, 0.05) is 26.2 Å². The maximum absolute atomic E-state index is 13.5. The molecule has 170 valence electrons. The molecule has 0 unspecified atom stereocenters. The SMILES string of the molecule is O=S(=O)(c1c(Cl)sc(Cl)c1Br)N1CCN(C(c2ccc(F)cc2)c2ccc(F)cc2)CC1. The predicted molar refractivity (Wildman–Crippen MR) is 127 cm³/mol. The molecule has 2 heterocycles. The third kappa shape index (κ3) is 4.75. The largest absolute Gasteiger partial charge is 0.290 e. The third-order valence-electron chi connectivity index (χ3n) is 5.34. The number of nitrogens with zero attached hydrogens (tertiary/aromatic N) is 2. The van der Waals surface area contributed by atoms with Crippen LogP contribution in [0.5, 0.6) is 0 Å². The van der Waals surface area contributed by atoms with Crippen molar-refractivity contribution in [2.45, 2.75) is 10.9 Å². The van der Waals surface area contributed by atoms with Crippen LogP contribution in [0.3, 0.4) is 0 Å². The summed E-state index contributed by atoms with van der Waals surface area (Å²) in [5.41, 5.74) is 1.68. The minimum absolute atomic E-state index is 0.0174. The van der Waals surface area contributed by atoms with Gasteiger partial charge in [-0.2, -0.15) is 4.31 Å². The van der Waals surface area contributed by atoms with Gasteiger partial charge in [0.05, 0.1) is 10.5 Å². The highest BCUT2D eigenvalue weighted by Crippen LogP contribution is 2.44. The number of halogens is 5. The fourth-order valence-corrected chi connectivity index (χ4v) is 8.70. The van der Waals surface area contributed by atoms with Crippen LogP contribution in [-0.4, -0.2) is 43.8 Å². The van der Waals surface area contributed by atoms with Gasteiger partial charge >= 0.3 is 0 Å². The van der Waals surface area contributed by atoms with Gasteiger partial charge in [0.1, 0.15) is 25.2 Å². The summed E-state index contributed by atoms with van der Waals surface area (Å²) in [5.74, 6) is -0.696. The van der Waals surface area contributed by atoms with E-state index in [1.54, 1.807) is 24.3 Å². The molecule has 1 aromatic heterocycles. The van der Waals surface area contributed by atoms with E-state index in [2.05, 4.69) is 20.8 Å². The fourth-order valence-electron chi connectivity index (χ4n) is 3.80. The standard InChI is InChI=1S/C21H17BrCl2F2N2O2S2/c22-17-19(21(24)31-20(17)23)32(29,30)28-11-9-27(10-12-28)18(13-1-5-15(25)6-2-13)14-3-7-16(26)8-4-14/h1-8,18H,9-12H2. The van der Waals surface area contributed by atoms with Gasteiger partial charge in [0.2, 0.25) is 10.0 Å². The quantitative estimate of drug-likeness (QED) is 0.361. The van der Waals surface area contributed by atoms with Crippen molar-refractivity contribution in [1.29, 1.82) is 0 Å². The second kappa shape index (κ2) is 9.66. The van der Waals surface area contributed by atoms with Crippen LogP contribution in [0, 0.1) is 11.6 Å². The summed E-state index contributed by atoms with van der Waals surface area (Å²) in [6.07, 6.45) is 0. The van der Waals surface area contributed by atoms with E-state index in [4.69, 9.17) is 23.2 Å². The van der Waals surface area contributed by atoms with Gasteiger partial charge in [-0.15, -0.1) is 11.3 Å². The highest BCUT2D eigenvalue weighted by atomic mass is 79.9. The van der Waals surface area contributed by atoms with Crippen LogP contribution >= 0.6 is 50.5 Å². The zero-order chi connectivity index (χ0) is 23.0. The molecule has 1 aliphatic rings. The van der Waals surface area contributed by atoms with E-state index in [-0.39, 0.29) is 48.8 Å². The maximum atomic E-state index is 13.5. The van der Waals surface area contributed by atoms with Gasteiger partial charge < -0.3 is 0 Å². The van der Waals surface area contributed by atoms with Crippen LogP contribution in [0.1, 0.15) is 17.2 Å². The molecule has 1 fully saturated rings. The zero-order valence-electron chi connectivity index (χ0n) is 16.4. The number of hydrogen-bond acceptors (Lipinski definition) is 4. The second-order valence-corrected chi connectivity index (χ2v) is 12.1. The number of sulfonamides is 1. The highest BCUT2D eigenvalue weighted by Gasteiger charge is 2.36. The molecule has 4 nitrogen and oxygen atoms in total. The van der Waals surface area contributed by atoms with Crippen LogP contribution < -0.4 is 0 Å². The number of thiophene rings is 1. The van der Waals surface area contributed by atoms with Crippen molar-refractivity contribution in [3.63, 3.8) is 0 Å². The summed E-state index contributed by atoms with van der Waals surface area (Å²) in [6, 6.07) is 12.0. The van der Waals surface area contributed by atoms with E-state index in [0.29, 0.717) is 13.1 Å². The molecule has 0 amide bonds. The minimum atomic E-state index is -3.84. The summed E-state index contributed by atoms with van der Waals surface area (Å²) in [5, 5.41) is 0. The molecule has 4 rings (SSSR count). The minimum Gasteiger partial charge on any atom is -0.290 e. The molecular formula is C21H17BrCl2F2N2O2S2. The molecular weight excluding hydrogens is 565 g/mol. The molecule has 0 saturated carbocycles. The van der Waals surface area contributed by atoms with E-state index in [1.807, 2.05) is 0 Å². The van der Waals surface area contributed by atoms with Gasteiger partial charge in [0.25, 0.3) is 0 Å². The lowest BCUT2D eigenvalue weighted by atomic mass is 9.96. The van der Waals surface area contributed by atoms with Gasteiger partial charge in [-0.1, -0.05) is 47.5 Å². The molecule has 0 atom stereocenters. The number of hydrogen-bond donors (Lipinski definition) is 0. The van der Waals surface area contributed by atoms with Gasteiger partial charge in [-0.25, -0.2) is 17.2 Å². The molecule has 1 aliphatic heterocycles. The maximum Gasteiger partial charge on any atom is 0.246 e. The Morgan fingerprint density at radius 3 is 1.72 bits per heavy atom. The first-order valence-electron chi connectivity index (χ1n) is 9.57. The Labute approximate surface area is 207 Å². The monoisotopic (exact) mass is 580 g/mol. The van der Waals surface area contributed by atoms with Crippen molar-refractivity contribution in [2.24, 2.45) is 0 Å². The van der Waals surface area contributed by atoms with Crippen molar-refractivity contribution in [3.8, 4) is 0 Å². The van der Waals surface area contributed by atoms with E-state index >= 15 is 0 Å². The second-order valence-electron chi connectivity index (χ2n) is 7.24. The average molecular weight is 582 g/mol. The lowest BCUT2D eigenvalue weighted by molar-refractivity contribution is 0.155. The molecule has 32 heavy (non-hydrogen) atoms. The van der Waals surface area contributed by atoms with Gasteiger partial charge in [0.15, 0.2) is 0 Å². The van der Waals surface area contributed by atoms with Crippen LogP contribution in [0.15, 0.2) is 57.9 Å². The first-order chi connectivity index (χ1) is 15.2. The van der Waals surface area contributed by atoms with Crippen molar-refractivity contribution in [1.82, 2.24) is 9.21 Å². The summed E-state index contributed by atoms with van der Waals surface area (Å²) in [6.45, 7) is 1.31. The summed E-state index contributed by atoms with van der Waals surface area (Å²) < 4.78 is 55.4. The summed E-state index contributed by atoms with van der Waals surface area (Å²) in [7, 11) is -3.84. The molecule has 0 bridgehead atoms. The molecule has 0 radical (unpaired) electrons. The van der Waals surface area contributed by atoms with Crippen LogP contribution in [0.2, 0.25) is 8.67 Å². The van der Waals surface area contributed by atoms with Crippen LogP contribution in [-0.2, 0) is 10.0 Å². The van der Waals surface area contributed by atoms with E-state index in [1.165, 1.54) is 28.6 Å². The Kier molecular flexibility index (Phi) is 7.26. The Morgan fingerprint density at radius 2 is 1.31 bits per heavy atom. The molecule has 11 heteroatoms. The topological polar surface area (TPSA) is 40.6 Å². The molecule has 1 saturated heterocycles. The first kappa shape index (κ1) is 24.1. The van der Waals surface area contributed by atoms with Crippen molar-refractivity contribution >= 4 is 60.5 Å². The lowest BCUT2D eigenvalue weighted by Gasteiger charge is -2.39. The van der Waals surface area contributed by atoms with Gasteiger partial charge in [-0.3, -0.25) is 4.90 Å². The van der Waals surface area contributed by atoms with Crippen molar-refractivity contribution < 1.29 is 17.2 Å². The molecule has 3 aromatic rings. The normalized spacial score (nSPS) is 16.1. The van der Waals surface area contributed by atoms with Gasteiger partial charge in [-0.05, 0) is 51.3 Å². The van der Waals surface area contributed by atoms with Crippen LogP contribution in [0.25, 0.3) is 0 Å². The smallest absolute Gasteiger partial charge is 0.246 e. The number of piperazine rings is 1. The zero-order valence-corrected chi connectivity index (χ0v) is 21.2. The highest BCUT2D eigenvalue weighted by molar-refractivity contribution is 9.10. The fraction of sp³-hybridized carbons (Fsp3) is 0.238. The molecule has 0 aliphatic carbocycles. The van der Waals surface area contributed by atoms with Crippen molar-refractivity contribution in [2.75, 3.05) is 26.2 Å². The predicted octanol–water partition coefficient (Wildman–Crippen LogP) is 6.19. The molecule has 0 N–H and O–H groups in total. The molecule has 2 aromatic carbocycles. The van der Waals surface area contributed by atoms with Crippen molar-refractivity contribution in [3.05, 3.63) is 84.4 Å². The molecule has 0 spiro atoms. The number of benzene rings is 2. The van der Waals surface area contributed by atoms with E-state index < -0.39 is 10.0 Å². The van der Waals surface area contributed by atoms with E-state index in [0.717, 1.165) is 22.5 Å². The summed E-state index contributed by atoms with van der Waals surface area (Å²) >= 11 is 16.4. The summed E-state index contributed by atoms with van der Waals surface area (Å²) in [4.78, 5) is 2.08. The Bertz CT molecular complexity index is 1170. The Hall–Kier alpha value is -1.07.